The summed E-state index contributed by atoms with van der Waals surface area (Å²) < 4.78 is 1.51. The molecule has 1 saturated carbocycles. The maximum absolute atomic E-state index is 12.7. The van der Waals surface area contributed by atoms with E-state index in [0.717, 1.165) is 24.0 Å². The molecule has 0 spiro atoms. The van der Waals surface area contributed by atoms with Gasteiger partial charge in [-0.05, 0) is 31.4 Å². The number of hydrogen-bond acceptors (Lipinski definition) is 3. The number of hydrogen-bond donors (Lipinski definition) is 1. The van der Waals surface area contributed by atoms with Crippen LogP contribution >= 0.6 is 0 Å². The summed E-state index contributed by atoms with van der Waals surface area (Å²) in [6.45, 7) is 1.84. The van der Waals surface area contributed by atoms with Crippen molar-refractivity contribution in [3.8, 4) is 11.3 Å². The molecule has 0 atom stereocenters. The molecular weight excluding hydrogens is 316 g/mol. The predicted molar refractivity (Wildman–Crippen MR) is 96.3 cm³/mol. The van der Waals surface area contributed by atoms with Gasteiger partial charge in [0.15, 0.2) is 0 Å². The van der Waals surface area contributed by atoms with Gasteiger partial charge in [0.1, 0.15) is 6.33 Å². The molecule has 1 aromatic carbocycles. The van der Waals surface area contributed by atoms with Crippen molar-refractivity contribution < 1.29 is 9.59 Å². The Bertz CT molecular complexity index is 790. The van der Waals surface area contributed by atoms with E-state index in [2.05, 4.69) is 4.98 Å². The molecule has 6 heteroatoms. The summed E-state index contributed by atoms with van der Waals surface area (Å²) in [6, 6.07) is 5.66. The molecule has 132 valence electrons. The number of carbonyl (C=O) groups is 2. The normalized spacial score (nSPS) is 15.1. The molecule has 0 aliphatic heterocycles. The number of imidazole rings is 1. The molecule has 0 bridgehead atoms. The van der Waals surface area contributed by atoms with Crippen molar-refractivity contribution in [2.75, 3.05) is 7.05 Å². The second-order valence-electron chi connectivity index (χ2n) is 6.75. The standard InChI is InChI=1S/C19H24N4O2/c1-13-8-9-14(10-16(13)18(20)24)17-11-23(12-21-17)19(25)22(2)15-6-4-3-5-7-15/h8-12,15H,3-7H2,1-2H3,(H2,20,24). The van der Waals surface area contributed by atoms with Gasteiger partial charge < -0.3 is 10.6 Å². The Hall–Kier alpha value is -2.63. The highest BCUT2D eigenvalue weighted by Gasteiger charge is 2.23. The van der Waals surface area contributed by atoms with Gasteiger partial charge in [-0.15, -0.1) is 0 Å². The highest BCUT2D eigenvalue weighted by Crippen LogP contribution is 2.24. The largest absolute Gasteiger partial charge is 0.366 e. The van der Waals surface area contributed by atoms with Crippen LogP contribution in [0.15, 0.2) is 30.7 Å². The van der Waals surface area contributed by atoms with Gasteiger partial charge in [-0.3, -0.25) is 9.36 Å². The Morgan fingerprint density at radius 3 is 2.64 bits per heavy atom. The van der Waals surface area contributed by atoms with Crippen molar-refractivity contribution in [1.29, 1.82) is 0 Å². The van der Waals surface area contributed by atoms with E-state index in [1.54, 1.807) is 12.3 Å². The topological polar surface area (TPSA) is 81.2 Å². The first-order valence-corrected chi connectivity index (χ1v) is 8.69. The van der Waals surface area contributed by atoms with Crippen LogP contribution in [-0.2, 0) is 0 Å². The average Bonchev–Trinajstić information content (AvgIpc) is 3.11. The van der Waals surface area contributed by atoms with Crippen molar-refractivity contribution in [3.63, 3.8) is 0 Å². The van der Waals surface area contributed by atoms with Crippen LogP contribution < -0.4 is 5.73 Å². The summed E-state index contributed by atoms with van der Waals surface area (Å²) in [7, 11) is 1.86. The van der Waals surface area contributed by atoms with Crippen molar-refractivity contribution in [1.82, 2.24) is 14.5 Å². The zero-order valence-corrected chi connectivity index (χ0v) is 14.7. The summed E-state index contributed by atoms with van der Waals surface area (Å²) in [5.74, 6) is -0.466. The Morgan fingerprint density at radius 1 is 1.24 bits per heavy atom. The number of amides is 2. The third-order valence-corrected chi connectivity index (χ3v) is 5.03. The summed E-state index contributed by atoms with van der Waals surface area (Å²) in [5, 5.41) is 0. The van der Waals surface area contributed by atoms with Gasteiger partial charge in [0, 0.05) is 30.4 Å². The van der Waals surface area contributed by atoms with Crippen LogP contribution in [0.25, 0.3) is 11.3 Å². The van der Waals surface area contributed by atoms with Crippen LogP contribution in [0.3, 0.4) is 0 Å². The fraction of sp³-hybridized carbons (Fsp3) is 0.421. The van der Waals surface area contributed by atoms with Crippen LogP contribution in [0.2, 0.25) is 0 Å². The zero-order chi connectivity index (χ0) is 18.0. The van der Waals surface area contributed by atoms with E-state index in [0.29, 0.717) is 17.3 Å². The lowest BCUT2D eigenvalue weighted by molar-refractivity contribution is 0.0999. The predicted octanol–water partition coefficient (Wildman–Crippen LogP) is 3.19. The third-order valence-electron chi connectivity index (χ3n) is 5.03. The van der Waals surface area contributed by atoms with Crippen LogP contribution in [0, 0.1) is 6.92 Å². The minimum atomic E-state index is -0.466. The van der Waals surface area contributed by atoms with E-state index in [-0.39, 0.29) is 6.03 Å². The van der Waals surface area contributed by atoms with E-state index in [9.17, 15) is 9.59 Å². The SMILES string of the molecule is Cc1ccc(-c2cn(C(=O)N(C)C3CCCCC3)cn2)cc1C(N)=O. The molecular formula is C19H24N4O2. The van der Waals surface area contributed by atoms with E-state index < -0.39 is 5.91 Å². The molecule has 1 aromatic heterocycles. The lowest BCUT2D eigenvalue weighted by atomic mass is 9.95. The Kier molecular flexibility index (Phi) is 4.88. The first kappa shape index (κ1) is 17.2. The molecule has 1 heterocycles. The molecule has 1 aliphatic carbocycles. The van der Waals surface area contributed by atoms with Crippen LogP contribution in [0.4, 0.5) is 4.79 Å². The monoisotopic (exact) mass is 340 g/mol. The summed E-state index contributed by atoms with van der Waals surface area (Å²) in [5.41, 5.74) is 8.12. The number of primary amides is 1. The van der Waals surface area contributed by atoms with Crippen LogP contribution in [0.1, 0.15) is 48.0 Å². The number of benzene rings is 1. The lowest BCUT2D eigenvalue weighted by Crippen LogP contribution is -2.40. The fourth-order valence-electron chi connectivity index (χ4n) is 3.43. The second kappa shape index (κ2) is 7.09. The molecule has 6 nitrogen and oxygen atoms in total. The van der Waals surface area contributed by atoms with Crippen LogP contribution in [-0.4, -0.2) is 39.5 Å². The molecule has 1 aliphatic rings. The van der Waals surface area contributed by atoms with Gasteiger partial charge in [0.2, 0.25) is 5.91 Å². The molecule has 25 heavy (non-hydrogen) atoms. The maximum Gasteiger partial charge on any atom is 0.329 e. The second-order valence-corrected chi connectivity index (χ2v) is 6.75. The Balaban J connectivity index is 1.81. The van der Waals surface area contributed by atoms with Gasteiger partial charge in [0.05, 0.1) is 5.69 Å². The summed E-state index contributed by atoms with van der Waals surface area (Å²) >= 11 is 0. The number of nitrogens with two attached hydrogens (primary N) is 1. The summed E-state index contributed by atoms with van der Waals surface area (Å²) in [6.07, 6.45) is 8.96. The minimum absolute atomic E-state index is 0.0760. The third kappa shape index (κ3) is 3.57. The van der Waals surface area contributed by atoms with Gasteiger partial charge in [-0.25, -0.2) is 9.78 Å². The lowest BCUT2D eigenvalue weighted by Gasteiger charge is -2.31. The first-order chi connectivity index (χ1) is 12.0. The molecule has 0 radical (unpaired) electrons. The highest BCUT2D eigenvalue weighted by atomic mass is 16.2. The van der Waals surface area contributed by atoms with E-state index in [1.807, 2.05) is 31.0 Å². The smallest absolute Gasteiger partial charge is 0.329 e. The van der Waals surface area contributed by atoms with Crippen molar-refractivity contribution in [2.24, 2.45) is 5.73 Å². The van der Waals surface area contributed by atoms with Gasteiger partial charge in [-0.1, -0.05) is 31.4 Å². The molecule has 1 fully saturated rings. The molecule has 0 saturated heterocycles. The quantitative estimate of drug-likeness (QED) is 0.931. The number of aromatic nitrogens is 2. The number of aryl methyl sites for hydroxylation is 1. The molecule has 2 aromatic rings. The van der Waals surface area contributed by atoms with Gasteiger partial charge in [-0.2, -0.15) is 0 Å². The molecule has 2 amide bonds. The van der Waals surface area contributed by atoms with E-state index >= 15 is 0 Å². The van der Waals surface area contributed by atoms with Crippen molar-refractivity contribution >= 4 is 11.9 Å². The van der Waals surface area contributed by atoms with Crippen molar-refractivity contribution in [3.05, 3.63) is 41.9 Å². The number of rotatable bonds is 3. The maximum atomic E-state index is 12.7. The Morgan fingerprint density at radius 2 is 1.96 bits per heavy atom. The van der Waals surface area contributed by atoms with Crippen molar-refractivity contribution in [2.45, 2.75) is 45.1 Å². The zero-order valence-electron chi connectivity index (χ0n) is 14.7. The van der Waals surface area contributed by atoms with E-state index in [1.165, 1.54) is 30.2 Å². The molecule has 0 unspecified atom stereocenters. The number of nitrogens with zero attached hydrogens (tertiary/aromatic N) is 3. The highest BCUT2D eigenvalue weighted by molar-refractivity contribution is 5.95. The minimum Gasteiger partial charge on any atom is -0.366 e. The Labute approximate surface area is 147 Å². The number of carbonyl (C=O) groups excluding carboxylic acids is 2. The fourth-order valence-corrected chi connectivity index (χ4v) is 3.43. The average molecular weight is 340 g/mol. The van der Waals surface area contributed by atoms with Gasteiger partial charge >= 0.3 is 6.03 Å². The first-order valence-electron chi connectivity index (χ1n) is 8.69. The van der Waals surface area contributed by atoms with Gasteiger partial charge in [0.25, 0.3) is 0 Å². The molecule has 3 rings (SSSR count). The molecule has 2 N–H and O–H groups in total. The summed E-state index contributed by atoms with van der Waals surface area (Å²) in [4.78, 5) is 30.4. The van der Waals surface area contributed by atoms with Crippen LogP contribution in [0.5, 0.6) is 0 Å². The van der Waals surface area contributed by atoms with E-state index in [4.69, 9.17) is 5.73 Å².